The van der Waals surface area contributed by atoms with E-state index in [0.29, 0.717) is 25.5 Å². The van der Waals surface area contributed by atoms with Crippen molar-refractivity contribution >= 4 is 5.90 Å². The van der Waals surface area contributed by atoms with Gasteiger partial charge in [0, 0.05) is 6.42 Å². The van der Waals surface area contributed by atoms with Gasteiger partial charge in [-0.1, -0.05) is 12.1 Å². The molecular formula is C14H19NO3. The van der Waals surface area contributed by atoms with Gasteiger partial charge in [0.15, 0.2) is 5.90 Å². The van der Waals surface area contributed by atoms with Gasteiger partial charge in [-0.05, 0) is 31.5 Å². The van der Waals surface area contributed by atoms with E-state index < -0.39 is 5.54 Å². The average molecular weight is 249 g/mol. The number of nitrogens with zero attached hydrogens (tertiary/aromatic N) is 1. The minimum atomic E-state index is -0.472. The molecule has 1 aromatic carbocycles. The van der Waals surface area contributed by atoms with Crippen molar-refractivity contribution in [2.75, 3.05) is 19.8 Å². The number of hydrogen-bond donors (Lipinski definition) is 1. The molecule has 0 fully saturated rings. The number of rotatable bonds is 5. The fraction of sp³-hybridized carbons (Fsp3) is 0.500. The monoisotopic (exact) mass is 249 g/mol. The van der Waals surface area contributed by atoms with Crippen LogP contribution in [0.5, 0.6) is 5.75 Å². The summed E-state index contributed by atoms with van der Waals surface area (Å²) in [5.41, 5.74) is 0.653. The van der Waals surface area contributed by atoms with Crippen molar-refractivity contribution in [1.82, 2.24) is 0 Å². The second-order valence-corrected chi connectivity index (χ2v) is 4.70. The van der Waals surface area contributed by atoms with E-state index in [0.717, 1.165) is 11.3 Å². The second-order valence-electron chi connectivity index (χ2n) is 4.70. The molecule has 1 aliphatic heterocycles. The number of benzene rings is 1. The first-order valence-corrected chi connectivity index (χ1v) is 6.19. The highest BCUT2D eigenvalue weighted by molar-refractivity contribution is 5.80. The van der Waals surface area contributed by atoms with Gasteiger partial charge in [-0.25, -0.2) is 4.99 Å². The zero-order valence-electron chi connectivity index (χ0n) is 10.8. The van der Waals surface area contributed by atoms with Crippen LogP contribution in [-0.4, -0.2) is 36.4 Å². The summed E-state index contributed by atoms with van der Waals surface area (Å²) in [4.78, 5) is 4.41. The second kappa shape index (κ2) is 5.40. The van der Waals surface area contributed by atoms with Crippen LogP contribution < -0.4 is 4.74 Å². The average Bonchev–Trinajstić information content (AvgIpc) is 2.75. The van der Waals surface area contributed by atoms with E-state index in [1.807, 2.05) is 38.1 Å². The molecule has 0 aromatic heterocycles. The van der Waals surface area contributed by atoms with Gasteiger partial charge >= 0.3 is 0 Å². The van der Waals surface area contributed by atoms with Crippen molar-refractivity contribution < 1.29 is 14.6 Å². The SMILES string of the molecule is CCOc1ccc(CC2=N[C@@](C)(CO)CO2)cc1. The Hall–Kier alpha value is -1.55. The molecule has 0 spiro atoms. The Bertz CT molecular complexity index is 427. The van der Waals surface area contributed by atoms with Crippen LogP contribution in [0, 0.1) is 0 Å². The van der Waals surface area contributed by atoms with Gasteiger partial charge in [-0.3, -0.25) is 0 Å². The fourth-order valence-corrected chi connectivity index (χ4v) is 1.82. The molecule has 0 saturated carbocycles. The van der Waals surface area contributed by atoms with Crippen LogP contribution in [0.25, 0.3) is 0 Å². The van der Waals surface area contributed by atoms with E-state index in [1.54, 1.807) is 0 Å². The Morgan fingerprint density at radius 2 is 2.11 bits per heavy atom. The Labute approximate surface area is 107 Å². The van der Waals surface area contributed by atoms with Crippen molar-refractivity contribution in [3.8, 4) is 5.75 Å². The lowest BCUT2D eigenvalue weighted by molar-refractivity contribution is 0.169. The van der Waals surface area contributed by atoms with E-state index in [4.69, 9.17) is 9.47 Å². The number of aliphatic hydroxyl groups is 1. The third kappa shape index (κ3) is 3.01. The van der Waals surface area contributed by atoms with Crippen LogP contribution >= 0.6 is 0 Å². The van der Waals surface area contributed by atoms with E-state index >= 15 is 0 Å². The lowest BCUT2D eigenvalue weighted by Crippen LogP contribution is -2.28. The molecule has 1 N–H and O–H groups in total. The molecule has 1 heterocycles. The van der Waals surface area contributed by atoms with Gasteiger partial charge in [0.25, 0.3) is 0 Å². The molecule has 18 heavy (non-hydrogen) atoms. The predicted molar refractivity (Wildman–Crippen MR) is 70.2 cm³/mol. The summed E-state index contributed by atoms with van der Waals surface area (Å²) >= 11 is 0. The van der Waals surface area contributed by atoms with Crippen molar-refractivity contribution in [2.45, 2.75) is 25.8 Å². The fourth-order valence-electron chi connectivity index (χ4n) is 1.82. The maximum Gasteiger partial charge on any atom is 0.188 e. The van der Waals surface area contributed by atoms with Gasteiger partial charge in [-0.15, -0.1) is 0 Å². The molecule has 0 amide bonds. The maximum absolute atomic E-state index is 9.20. The largest absolute Gasteiger partial charge is 0.494 e. The van der Waals surface area contributed by atoms with Crippen molar-refractivity contribution in [3.05, 3.63) is 29.8 Å². The topological polar surface area (TPSA) is 51.0 Å². The first kappa shape index (κ1) is 12.9. The summed E-state index contributed by atoms with van der Waals surface area (Å²) in [5.74, 6) is 1.56. The summed E-state index contributed by atoms with van der Waals surface area (Å²) in [7, 11) is 0. The minimum Gasteiger partial charge on any atom is -0.494 e. The molecule has 0 saturated heterocycles. The van der Waals surface area contributed by atoms with E-state index in [9.17, 15) is 5.11 Å². The number of ether oxygens (including phenoxy) is 2. The first-order chi connectivity index (χ1) is 8.65. The van der Waals surface area contributed by atoms with Crippen LogP contribution in [0.2, 0.25) is 0 Å². The lowest BCUT2D eigenvalue weighted by atomic mass is 10.1. The molecule has 1 atom stereocenters. The van der Waals surface area contributed by atoms with Gasteiger partial charge in [-0.2, -0.15) is 0 Å². The van der Waals surface area contributed by atoms with Gasteiger partial charge in [0.05, 0.1) is 13.2 Å². The van der Waals surface area contributed by atoms with Crippen LogP contribution in [0.15, 0.2) is 29.3 Å². The number of aliphatic imine (C=N–C) groups is 1. The molecular weight excluding hydrogens is 230 g/mol. The van der Waals surface area contributed by atoms with E-state index in [2.05, 4.69) is 4.99 Å². The predicted octanol–water partition coefficient (Wildman–Crippen LogP) is 1.81. The van der Waals surface area contributed by atoms with E-state index in [1.165, 1.54) is 0 Å². The van der Waals surface area contributed by atoms with Crippen LogP contribution in [-0.2, 0) is 11.2 Å². The van der Waals surface area contributed by atoms with Gasteiger partial charge in [0.2, 0.25) is 0 Å². The van der Waals surface area contributed by atoms with Crippen molar-refractivity contribution in [2.24, 2.45) is 4.99 Å². The van der Waals surface area contributed by atoms with Crippen molar-refractivity contribution in [1.29, 1.82) is 0 Å². The summed E-state index contributed by atoms with van der Waals surface area (Å²) in [5, 5.41) is 9.20. The molecule has 4 heteroatoms. The minimum absolute atomic E-state index is 0.0137. The Morgan fingerprint density at radius 1 is 1.39 bits per heavy atom. The summed E-state index contributed by atoms with van der Waals surface area (Å²) in [6, 6.07) is 7.90. The standard InChI is InChI=1S/C14H19NO3/c1-3-17-12-6-4-11(5-7-12)8-13-15-14(2,9-16)10-18-13/h4-7,16H,3,8-10H2,1-2H3/t14-/m0/s1. The first-order valence-electron chi connectivity index (χ1n) is 6.19. The number of hydrogen-bond acceptors (Lipinski definition) is 4. The zero-order chi connectivity index (χ0) is 13.0. The zero-order valence-corrected chi connectivity index (χ0v) is 10.8. The van der Waals surface area contributed by atoms with Crippen molar-refractivity contribution in [3.63, 3.8) is 0 Å². The number of aliphatic hydroxyl groups excluding tert-OH is 1. The Kier molecular flexibility index (Phi) is 3.87. The summed E-state index contributed by atoms with van der Waals surface area (Å²) < 4.78 is 10.9. The molecule has 0 radical (unpaired) electrons. The highest BCUT2D eigenvalue weighted by Gasteiger charge is 2.30. The normalized spacial score (nSPS) is 22.5. The quantitative estimate of drug-likeness (QED) is 0.865. The molecule has 0 unspecified atom stereocenters. The molecule has 1 aliphatic rings. The van der Waals surface area contributed by atoms with Crippen LogP contribution in [0.3, 0.4) is 0 Å². The summed E-state index contributed by atoms with van der Waals surface area (Å²) in [6.45, 7) is 4.99. The third-order valence-corrected chi connectivity index (χ3v) is 2.87. The smallest absolute Gasteiger partial charge is 0.188 e. The highest BCUT2D eigenvalue weighted by atomic mass is 16.5. The molecule has 0 bridgehead atoms. The van der Waals surface area contributed by atoms with Gasteiger partial charge < -0.3 is 14.6 Å². The maximum atomic E-state index is 9.20. The molecule has 4 nitrogen and oxygen atoms in total. The van der Waals surface area contributed by atoms with Gasteiger partial charge in [0.1, 0.15) is 17.9 Å². The van der Waals surface area contributed by atoms with Crippen LogP contribution in [0.4, 0.5) is 0 Å². The third-order valence-electron chi connectivity index (χ3n) is 2.87. The molecule has 0 aliphatic carbocycles. The lowest BCUT2D eigenvalue weighted by Gasteiger charge is -2.12. The molecule has 2 rings (SSSR count). The molecule has 98 valence electrons. The van der Waals surface area contributed by atoms with Crippen LogP contribution in [0.1, 0.15) is 19.4 Å². The highest BCUT2D eigenvalue weighted by Crippen LogP contribution is 2.20. The molecule has 1 aromatic rings. The Balaban J connectivity index is 2.00. The summed E-state index contributed by atoms with van der Waals surface area (Å²) in [6.07, 6.45) is 0.655. The van der Waals surface area contributed by atoms with E-state index in [-0.39, 0.29) is 6.61 Å². The Morgan fingerprint density at radius 3 is 2.67 bits per heavy atom.